The van der Waals surface area contributed by atoms with Crippen molar-refractivity contribution in [3.05, 3.63) is 35.7 Å². The monoisotopic (exact) mass is 202 g/mol. The van der Waals surface area contributed by atoms with Gasteiger partial charge < -0.3 is 5.32 Å². The standard InChI is InChI=1S/C13H16NO/c1-9(2)7-10-3-5-12-11(8-10)4-6-13(15)14-12/h3,5,7-9H,4,6H2,1-2H3,(H,14,15). The molecule has 0 saturated heterocycles. The molecule has 2 rings (SSSR count). The fourth-order valence-electron chi connectivity index (χ4n) is 1.89. The van der Waals surface area contributed by atoms with Crippen molar-refractivity contribution in [3.63, 3.8) is 0 Å². The second kappa shape index (κ2) is 4.05. The van der Waals surface area contributed by atoms with Crippen LogP contribution in [-0.4, -0.2) is 5.91 Å². The molecule has 1 aliphatic heterocycles. The van der Waals surface area contributed by atoms with E-state index >= 15 is 0 Å². The number of nitrogens with one attached hydrogen (secondary N) is 1. The first kappa shape index (κ1) is 10.2. The molecule has 1 radical (unpaired) electrons. The highest BCUT2D eigenvalue weighted by atomic mass is 16.1. The Morgan fingerprint density at radius 1 is 1.33 bits per heavy atom. The minimum absolute atomic E-state index is 0.128. The zero-order valence-corrected chi connectivity index (χ0v) is 9.21. The third kappa shape index (κ3) is 2.38. The normalized spacial score (nSPS) is 15.0. The molecular formula is C13H16NO. The van der Waals surface area contributed by atoms with Crippen LogP contribution in [0.25, 0.3) is 0 Å². The lowest BCUT2D eigenvalue weighted by Crippen LogP contribution is -2.18. The summed E-state index contributed by atoms with van der Waals surface area (Å²) in [6, 6.07) is 6.24. The molecule has 1 heterocycles. The van der Waals surface area contributed by atoms with Gasteiger partial charge in [0.1, 0.15) is 0 Å². The van der Waals surface area contributed by atoms with Crippen LogP contribution in [0.2, 0.25) is 0 Å². The Morgan fingerprint density at radius 2 is 2.13 bits per heavy atom. The van der Waals surface area contributed by atoms with Gasteiger partial charge in [-0.3, -0.25) is 4.79 Å². The average Bonchev–Trinajstić information content (AvgIpc) is 2.17. The summed E-state index contributed by atoms with van der Waals surface area (Å²) in [6.45, 7) is 4.34. The maximum absolute atomic E-state index is 11.2. The topological polar surface area (TPSA) is 29.1 Å². The maximum Gasteiger partial charge on any atom is 0.224 e. The first-order chi connectivity index (χ1) is 7.15. The average molecular weight is 202 g/mol. The molecule has 79 valence electrons. The van der Waals surface area contributed by atoms with E-state index in [4.69, 9.17) is 0 Å². The molecule has 0 aromatic heterocycles. The van der Waals surface area contributed by atoms with Crippen molar-refractivity contribution in [1.29, 1.82) is 0 Å². The maximum atomic E-state index is 11.2. The molecule has 0 unspecified atom stereocenters. The van der Waals surface area contributed by atoms with E-state index < -0.39 is 0 Å². The van der Waals surface area contributed by atoms with Crippen LogP contribution < -0.4 is 5.32 Å². The predicted octanol–water partition coefficient (Wildman–Crippen LogP) is 2.78. The molecule has 1 aromatic rings. The summed E-state index contributed by atoms with van der Waals surface area (Å²) in [5.74, 6) is 0.685. The number of anilines is 1. The second-order valence-electron chi connectivity index (χ2n) is 4.38. The summed E-state index contributed by atoms with van der Waals surface area (Å²) in [7, 11) is 0. The molecular weight excluding hydrogens is 186 g/mol. The quantitative estimate of drug-likeness (QED) is 0.785. The van der Waals surface area contributed by atoms with Crippen molar-refractivity contribution in [2.45, 2.75) is 26.7 Å². The summed E-state index contributed by atoms with van der Waals surface area (Å²) in [5, 5.41) is 2.89. The van der Waals surface area contributed by atoms with E-state index in [1.54, 1.807) is 0 Å². The van der Waals surface area contributed by atoms with Gasteiger partial charge in [0.25, 0.3) is 0 Å². The lowest BCUT2D eigenvalue weighted by molar-refractivity contribution is -0.116. The van der Waals surface area contributed by atoms with Gasteiger partial charge in [-0.1, -0.05) is 26.0 Å². The second-order valence-corrected chi connectivity index (χ2v) is 4.38. The molecule has 0 fully saturated rings. The summed E-state index contributed by atoms with van der Waals surface area (Å²) < 4.78 is 0. The third-order valence-corrected chi connectivity index (χ3v) is 2.55. The highest BCUT2D eigenvalue weighted by Crippen LogP contribution is 2.25. The SMILES string of the molecule is CC(C)[CH]c1ccc2c(c1)CCC(=O)N2. The molecule has 1 N–H and O–H groups in total. The van der Waals surface area contributed by atoms with Crippen LogP contribution in [-0.2, 0) is 11.2 Å². The van der Waals surface area contributed by atoms with Crippen LogP contribution in [0.4, 0.5) is 5.69 Å². The summed E-state index contributed by atoms with van der Waals surface area (Å²) >= 11 is 0. The first-order valence-corrected chi connectivity index (χ1v) is 5.43. The highest BCUT2D eigenvalue weighted by Gasteiger charge is 2.14. The Morgan fingerprint density at radius 3 is 2.87 bits per heavy atom. The highest BCUT2D eigenvalue weighted by molar-refractivity contribution is 5.93. The van der Waals surface area contributed by atoms with E-state index in [0.29, 0.717) is 12.3 Å². The molecule has 0 atom stereocenters. The lowest BCUT2D eigenvalue weighted by Gasteiger charge is -2.17. The number of benzene rings is 1. The van der Waals surface area contributed by atoms with E-state index in [1.807, 2.05) is 6.07 Å². The largest absolute Gasteiger partial charge is 0.326 e. The van der Waals surface area contributed by atoms with Crippen molar-refractivity contribution in [2.75, 3.05) is 5.32 Å². The minimum atomic E-state index is 0.128. The fraction of sp³-hybridized carbons (Fsp3) is 0.385. The number of amides is 1. The van der Waals surface area contributed by atoms with Crippen molar-refractivity contribution in [1.82, 2.24) is 0 Å². The number of hydrogen-bond donors (Lipinski definition) is 1. The molecule has 2 heteroatoms. The fourth-order valence-corrected chi connectivity index (χ4v) is 1.89. The van der Waals surface area contributed by atoms with Crippen molar-refractivity contribution in [3.8, 4) is 0 Å². The number of aryl methyl sites for hydroxylation is 1. The van der Waals surface area contributed by atoms with Crippen molar-refractivity contribution >= 4 is 11.6 Å². The number of carbonyl (C=O) groups is 1. The molecule has 1 aromatic carbocycles. The van der Waals surface area contributed by atoms with E-state index in [1.165, 1.54) is 11.1 Å². The summed E-state index contributed by atoms with van der Waals surface area (Å²) in [6.07, 6.45) is 3.70. The van der Waals surface area contributed by atoms with Gasteiger partial charge in [-0.25, -0.2) is 0 Å². The number of rotatable bonds is 2. The van der Waals surface area contributed by atoms with Gasteiger partial charge in [-0.15, -0.1) is 0 Å². The first-order valence-electron chi connectivity index (χ1n) is 5.43. The molecule has 1 amide bonds. The molecule has 0 bridgehead atoms. The predicted molar refractivity (Wildman–Crippen MR) is 61.6 cm³/mol. The van der Waals surface area contributed by atoms with Crippen LogP contribution in [0.1, 0.15) is 31.4 Å². The van der Waals surface area contributed by atoms with E-state index in [-0.39, 0.29) is 5.91 Å². The zero-order valence-electron chi connectivity index (χ0n) is 9.21. The van der Waals surface area contributed by atoms with E-state index in [2.05, 4.69) is 37.7 Å². The molecule has 0 spiro atoms. The Kier molecular flexibility index (Phi) is 2.76. The Hall–Kier alpha value is -1.31. The van der Waals surface area contributed by atoms with Gasteiger partial charge in [0.15, 0.2) is 0 Å². The Labute approximate surface area is 90.7 Å². The Bertz CT molecular complexity index is 382. The van der Waals surface area contributed by atoms with Gasteiger partial charge in [0.05, 0.1) is 0 Å². The van der Waals surface area contributed by atoms with E-state index in [9.17, 15) is 4.79 Å². The third-order valence-electron chi connectivity index (χ3n) is 2.55. The van der Waals surface area contributed by atoms with Crippen LogP contribution in [0, 0.1) is 12.3 Å². The molecule has 0 saturated carbocycles. The van der Waals surface area contributed by atoms with Gasteiger partial charge in [-0.05, 0) is 36.0 Å². The van der Waals surface area contributed by atoms with E-state index in [0.717, 1.165) is 12.1 Å². The van der Waals surface area contributed by atoms with Gasteiger partial charge in [-0.2, -0.15) is 0 Å². The number of hydrogen-bond acceptors (Lipinski definition) is 1. The number of fused-ring (bicyclic) bond motifs is 1. The Balaban J connectivity index is 2.23. The molecule has 2 nitrogen and oxygen atoms in total. The van der Waals surface area contributed by atoms with Crippen LogP contribution in [0.3, 0.4) is 0 Å². The smallest absolute Gasteiger partial charge is 0.224 e. The molecule has 1 aliphatic rings. The summed E-state index contributed by atoms with van der Waals surface area (Å²) in [5.41, 5.74) is 3.48. The minimum Gasteiger partial charge on any atom is -0.326 e. The molecule has 15 heavy (non-hydrogen) atoms. The van der Waals surface area contributed by atoms with Crippen molar-refractivity contribution in [2.24, 2.45) is 5.92 Å². The van der Waals surface area contributed by atoms with Gasteiger partial charge in [0.2, 0.25) is 5.91 Å². The van der Waals surface area contributed by atoms with Gasteiger partial charge in [0, 0.05) is 12.1 Å². The van der Waals surface area contributed by atoms with Crippen LogP contribution >= 0.6 is 0 Å². The zero-order chi connectivity index (χ0) is 10.8. The van der Waals surface area contributed by atoms with Crippen molar-refractivity contribution < 1.29 is 4.79 Å². The number of carbonyl (C=O) groups excluding carboxylic acids is 1. The molecule has 0 aliphatic carbocycles. The van der Waals surface area contributed by atoms with Crippen LogP contribution in [0.5, 0.6) is 0 Å². The van der Waals surface area contributed by atoms with Crippen LogP contribution in [0.15, 0.2) is 18.2 Å². The van der Waals surface area contributed by atoms with Gasteiger partial charge >= 0.3 is 0 Å². The summed E-state index contributed by atoms with van der Waals surface area (Å²) in [4.78, 5) is 11.2. The lowest BCUT2D eigenvalue weighted by atomic mass is 9.96.